The van der Waals surface area contributed by atoms with Gasteiger partial charge in [-0.2, -0.15) is 0 Å². The third-order valence-corrected chi connectivity index (χ3v) is 2.67. The van der Waals surface area contributed by atoms with Crippen LogP contribution in [0.4, 0.5) is 4.79 Å². The molecule has 1 rings (SSSR count). The number of ether oxygens (including phenoxy) is 1. The van der Waals surface area contributed by atoms with Gasteiger partial charge in [-0.25, -0.2) is 9.59 Å². The molecule has 0 heterocycles. The summed E-state index contributed by atoms with van der Waals surface area (Å²) >= 11 is 3.17. The van der Waals surface area contributed by atoms with Crippen LogP contribution in [0.3, 0.4) is 0 Å². The molecule has 0 bridgehead atoms. The Morgan fingerprint density at radius 2 is 2.05 bits per heavy atom. The van der Waals surface area contributed by atoms with E-state index in [4.69, 9.17) is 9.84 Å². The zero-order valence-corrected chi connectivity index (χ0v) is 11.5. The molecule has 3 amide bonds. The Kier molecular flexibility index (Phi) is 5.31. The van der Waals surface area contributed by atoms with Crippen LogP contribution in [-0.4, -0.2) is 36.7 Å². The van der Waals surface area contributed by atoms with Crippen LogP contribution < -0.4 is 15.4 Å². The summed E-state index contributed by atoms with van der Waals surface area (Å²) in [5.74, 6) is -1.55. The van der Waals surface area contributed by atoms with E-state index in [2.05, 4.69) is 21.2 Å². The molecule has 102 valence electrons. The van der Waals surface area contributed by atoms with Crippen LogP contribution in [0.25, 0.3) is 0 Å². The van der Waals surface area contributed by atoms with Crippen molar-refractivity contribution in [1.29, 1.82) is 0 Å². The molecule has 1 aromatic carbocycles. The van der Waals surface area contributed by atoms with Crippen LogP contribution in [0.15, 0.2) is 22.7 Å². The maximum absolute atomic E-state index is 11.3. The Balaban J connectivity index is 2.67. The zero-order chi connectivity index (χ0) is 14.4. The number of imide groups is 1. The van der Waals surface area contributed by atoms with Gasteiger partial charge in [0, 0.05) is 7.05 Å². The number of amides is 3. The zero-order valence-electron chi connectivity index (χ0n) is 9.90. The quantitative estimate of drug-likeness (QED) is 0.763. The van der Waals surface area contributed by atoms with Gasteiger partial charge in [-0.1, -0.05) is 0 Å². The molecule has 0 saturated carbocycles. The number of carbonyl (C=O) groups is 3. The minimum atomic E-state index is -1.10. The summed E-state index contributed by atoms with van der Waals surface area (Å²) in [7, 11) is 1.37. The molecule has 0 aliphatic carbocycles. The van der Waals surface area contributed by atoms with Crippen LogP contribution in [0, 0.1) is 0 Å². The summed E-state index contributed by atoms with van der Waals surface area (Å²) in [6, 6.07) is 3.52. The number of aromatic carboxylic acids is 1. The van der Waals surface area contributed by atoms with E-state index in [0.717, 1.165) is 0 Å². The van der Waals surface area contributed by atoms with Crippen molar-refractivity contribution in [1.82, 2.24) is 10.6 Å². The minimum absolute atomic E-state index is 0.0323. The van der Waals surface area contributed by atoms with Gasteiger partial charge in [-0.3, -0.25) is 10.1 Å². The summed E-state index contributed by atoms with van der Waals surface area (Å²) in [5.41, 5.74) is 0.0323. The van der Waals surface area contributed by atoms with Crippen LogP contribution >= 0.6 is 15.9 Å². The lowest BCUT2D eigenvalue weighted by molar-refractivity contribution is -0.122. The fraction of sp³-hybridized carbons (Fsp3) is 0.182. The number of rotatable bonds is 4. The molecule has 0 aliphatic heterocycles. The van der Waals surface area contributed by atoms with Crippen molar-refractivity contribution in [2.24, 2.45) is 0 Å². The number of hydrogen-bond donors (Lipinski definition) is 3. The highest BCUT2D eigenvalue weighted by molar-refractivity contribution is 9.10. The molecule has 1 aromatic rings. The summed E-state index contributed by atoms with van der Waals surface area (Å²) in [4.78, 5) is 32.9. The fourth-order valence-corrected chi connectivity index (χ4v) is 1.48. The maximum atomic E-state index is 11.3. The first-order chi connectivity index (χ1) is 8.93. The summed E-state index contributed by atoms with van der Waals surface area (Å²) < 4.78 is 5.64. The average Bonchev–Trinajstić information content (AvgIpc) is 2.37. The topological polar surface area (TPSA) is 105 Å². The van der Waals surface area contributed by atoms with Gasteiger partial charge in [-0.05, 0) is 34.1 Å². The maximum Gasteiger partial charge on any atom is 0.335 e. The highest BCUT2D eigenvalue weighted by atomic mass is 79.9. The van der Waals surface area contributed by atoms with Crippen LogP contribution in [-0.2, 0) is 4.79 Å². The van der Waals surface area contributed by atoms with Crippen molar-refractivity contribution in [2.75, 3.05) is 13.7 Å². The molecule has 0 unspecified atom stereocenters. The van der Waals surface area contributed by atoms with E-state index in [1.54, 1.807) is 0 Å². The van der Waals surface area contributed by atoms with Crippen molar-refractivity contribution in [3.63, 3.8) is 0 Å². The molecule has 0 radical (unpaired) electrons. The first-order valence-electron chi connectivity index (χ1n) is 5.11. The first-order valence-corrected chi connectivity index (χ1v) is 5.90. The minimum Gasteiger partial charge on any atom is -0.483 e. The van der Waals surface area contributed by atoms with E-state index in [0.29, 0.717) is 4.47 Å². The average molecular weight is 331 g/mol. The van der Waals surface area contributed by atoms with Gasteiger partial charge >= 0.3 is 12.0 Å². The van der Waals surface area contributed by atoms with Crippen molar-refractivity contribution in [3.8, 4) is 5.75 Å². The second-order valence-corrected chi connectivity index (χ2v) is 4.22. The van der Waals surface area contributed by atoms with Gasteiger partial charge in [-0.15, -0.1) is 0 Å². The highest BCUT2D eigenvalue weighted by Gasteiger charge is 2.11. The Bertz CT molecular complexity index is 518. The van der Waals surface area contributed by atoms with E-state index in [-0.39, 0.29) is 11.3 Å². The summed E-state index contributed by atoms with van der Waals surface area (Å²) in [5, 5.41) is 13.1. The molecule has 0 fully saturated rings. The number of carbonyl (C=O) groups excluding carboxylic acids is 2. The van der Waals surface area contributed by atoms with Crippen molar-refractivity contribution >= 4 is 33.8 Å². The van der Waals surface area contributed by atoms with Gasteiger partial charge < -0.3 is 15.2 Å². The van der Waals surface area contributed by atoms with Crippen LogP contribution in [0.1, 0.15) is 10.4 Å². The Hall–Kier alpha value is -2.09. The number of carboxylic acid groups (broad SMARTS) is 1. The third kappa shape index (κ3) is 4.59. The Morgan fingerprint density at radius 3 is 2.63 bits per heavy atom. The Labute approximate surface area is 117 Å². The van der Waals surface area contributed by atoms with Crippen LogP contribution in [0.5, 0.6) is 5.75 Å². The SMILES string of the molecule is CNC(=O)NC(=O)COc1cc(C(=O)O)ccc1Br. The van der Waals surface area contributed by atoms with E-state index < -0.39 is 24.5 Å². The van der Waals surface area contributed by atoms with Gasteiger partial charge in [0.2, 0.25) is 0 Å². The van der Waals surface area contributed by atoms with Crippen molar-refractivity contribution in [2.45, 2.75) is 0 Å². The van der Waals surface area contributed by atoms with Gasteiger partial charge in [0.1, 0.15) is 5.75 Å². The molecular formula is C11H11BrN2O5. The number of carboxylic acids is 1. The van der Waals surface area contributed by atoms with E-state index in [9.17, 15) is 14.4 Å². The van der Waals surface area contributed by atoms with Gasteiger partial charge in [0.15, 0.2) is 6.61 Å². The summed E-state index contributed by atoms with van der Waals surface area (Å²) in [6.07, 6.45) is 0. The molecule has 0 spiro atoms. The van der Waals surface area contributed by atoms with Gasteiger partial charge in [0.25, 0.3) is 5.91 Å². The lowest BCUT2D eigenvalue weighted by atomic mass is 10.2. The Morgan fingerprint density at radius 1 is 1.37 bits per heavy atom. The second-order valence-electron chi connectivity index (χ2n) is 3.37. The van der Waals surface area contributed by atoms with E-state index in [1.807, 2.05) is 5.32 Å². The molecule has 0 aromatic heterocycles. The molecule has 19 heavy (non-hydrogen) atoms. The second kappa shape index (κ2) is 6.74. The van der Waals surface area contributed by atoms with Crippen LogP contribution in [0.2, 0.25) is 0 Å². The predicted molar refractivity (Wildman–Crippen MR) is 69.2 cm³/mol. The normalized spacial score (nSPS) is 9.58. The van der Waals surface area contributed by atoms with Crippen molar-refractivity contribution < 1.29 is 24.2 Å². The smallest absolute Gasteiger partial charge is 0.335 e. The first kappa shape index (κ1) is 15.0. The molecule has 3 N–H and O–H groups in total. The largest absolute Gasteiger partial charge is 0.483 e. The third-order valence-electron chi connectivity index (χ3n) is 2.02. The number of nitrogens with one attached hydrogen (secondary N) is 2. The summed E-state index contributed by atoms with van der Waals surface area (Å²) in [6.45, 7) is -0.408. The monoisotopic (exact) mass is 330 g/mol. The molecule has 8 heteroatoms. The van der Waals surface area contributed by atoms with E-state index in [1.165, 1.54) is 25.2 Å². The van der Waals surface area contributed by atoms with Gasteiger partial charge in [0.05, 0.1) is 10.0 Å². The number of hydrogen-bond acceptors (Lipinski definition) is 4. The number of halogens is 1. The lowest BCUT2D eigenvalue weighted by Crippen LogP contribution is -2.39. The predicted octanol–water partition coefficient (Wildman–Crippen LogP) is 0.982. The lowest BCUT2D eigenvalue weighted by Gasteiger charge is -2.08. The molecule has 0 atom stereocenters. The standard InChI is InChI=1S/C11H11BrN2O5/c1-13-11(18)14-9(15)5-19-8-4-6(10(16)17)2-3-7(8)12/h2-4H,5H2,1H3,(H,16,17)(H2,13,14,15,18). The highest BCUT2D eigenvalue weighted by Crippen LogP contribution is 2.26. The fourth-order valence-electron chi connectivity index (χ4n) is 1.12. The number of urea groups is 1. The van der Waals surface area contributed by atoms with Crippen molar-refractivity contribution in [3.05, 3.63) is 28.2 Å². The molecule has 0 saturated heterocycles. The molecular weight excluding hydrogens is 320 g/mol. The van der Waals surface area contributed by atoms with E-state index >= 15 is 0 Å². The number of benzene rings is 1. The molecule has 0 aliphatic rings. The molecule has 7 nitrogen and oxygen atoms in total.